The molecule has 0 spiro atoms. The number of nitrogens with one attached hydrogen (secondary N) is 2. The Morgan fingerprint density at radius 1 is 1.06 bits per heavy atom. The fraction of sp³-hybridized carbons (Fsp3) is 0.472. The molecule has 3 amide bonds. The quantitative estimate of drug-likeness (QED) is 0.159. The van der Waals surface area contributed by atoms with Crippen molar-refractivity contribution in [3.05, 3.63) is 70.9 Å². The molecule has 1 fully saturated rings. The molecule has 1 saturated heterocycles. The summed E-state index contributed by atoms with van der Waals surface area (Å²) >= 11 is 1.58. The maximum Gasteiger partial charge on any atom is 0.246 e. The van der Waals surface area contributed by atoms with Crippen LogP contribution in [0, 0.1) is 12.3 Å². The number of amides is 3. The first-order chi connectivity index (χ1) is 22.4. The van der Waals surface area contributed by atoms with E-state index in [2.05, 4.69) is 15.6 Å². The van der Waals surface area contributed by atoms with Gasteiger partial charge >= 0.3 is 0 Å². The Morgan fingerprint density at radius 3 is 2.38 bits per heavy atom. The van der Waals surface area contributed by atoms with E-state index in [4.69, 9.17) is 4.74 Å². The summed E-state index contributed by atoms with van der Waals surface area (Å²) in [6.45, 7) is 9.98. The van der Waals surface area contributed by atoms with Gasteiger partial charge in [-0.1, -0.05) is 45.0 Å². The number of carbonyl (C=O) groups is 4. The van der Waals surface area contributed by atoms with Crippen molar-refractivity contribution in [2.75, 3.05) is 13.2 Å². The molecule has 0 radical (unpaired) electrons. The number of aryl methyl sites for hydroxylation is 1. The Bertz CT molecular complexity index is 1520. The Hall–Kier alpha value is -4.09. The van der Waals surface area contributed by atoms with E-state index < -0.39 is 23.6 Å². The number of ether oxygens (including phenoxy) is 1. The molecule has 4 rings (SSSR count). The van der Waals surface area contributed by atoms with Gasteiger partial charge in [-0.2, -0.15) is 0 Å². The lowest BCUT2D eigenvalue weighted by Crippen LogP contribution is -2.57. The summed E-state index contributed by atoms with van der Waals surface area (Å²) in [5.74, 6) is -0.279. The highest BCUT2D eigenvalue weighted by atomic mass is 32.1. The molecule has 2 aromatic carbocycles. The number of rotatable bonds is 14. The van der Waals surface area contributed by atoms with Crippen LogP contribution in [0.25, 0.3) is 10.4 Å². The molecule has 1 aliphatic heterocycles. The van der Waals surface area contributed by atoms with Crippen molar-refractivity contribution in [2.24, 2.45) is 5.41 Å². The van der Waals surface area contributed by atoms with Crippen LogP contribution in [0.1, 0.15) is 87.5 Å². The van der Waals surface area contributed by atoms with Gasteiger partial charge in [-0.05, 0) is 73.9 Å². The van der Waals surface area contributed by atoms with Crippen LogP contribution >= 0.6 is 11.3 Å². The number of likely N-dealkylation sites (tertiary alicyclic amines) is 1. The third kappa shape index (κ3) is 9.71. The van der Waals surface area contributed by atoms with Gasteiger partial charge in [0, 0.05) is 24.9 Å². The molecule has 10 nitrogen and oxygen atoms in total. The van der Waals surface area contributed by atoms with Crippen molar-refractivity contribution in [1.29, 1.82) is 0 Å². The monoisotopic (exact) mass is 662 g/mol. The van der Waals surface area contributed by atoms with Gasteiger partial charge in [0.05, 0.1) is 34.8 Å². The van der Waals surface area contributed by atoms with Crippen molar-refractivity contribution < 1.29 is 29.0 Å². The highest BCUT2D eigenvalue weighted by Gasteiger charge is 2.44. The first kappa shape index (κ1) is 35.8. The third-order valence-corrected chi connectivity index (χ3v) is 9.37. The topological polar surface area (TPSA) is 138 Å². The van der Waals surface area contributed by atoms with Crippen LogP contribution in [-0.4, -0.2) is 70.3 Å². The van der Waals surface area contributed by atoms with Gasteiger partial charge in [0.15, 0.2) is 0 Å². The summed E-state index contributed by atoms with van der Waals surface area (Å²) in [6.07, 6.45) is 2.46. The van der Waals surface area contributed by atoms with Gasteiger partial charge in [-0.3, -0.25) is 19.2 Å². The average molecular weight is 663 g/mol. The number of nitrogens with zero attached hydrogens (tertiary/aromatic N) is 2. The van der Waals surface area contributed by atoms with E-state index in [9.17, 15) is 24.3 Å². The maximum absolute atomic E-state index is 13.9. The molecular weight excluding hydrogens is 616 g/mol. The highest BCUT2D eigenvalue weighted by Crippen LogP contribution is 2.29. The van der Waals surface area contributed by atoms with Crippen LogP contribution in [-0.2, 0) is 14.4 Å². The zero-order valence-electron chi connectivity index (χ0n) is 27.8. The zero-order chi connectivity index (χ0) is 34.1. The molecule has 47 heavy (non-hydrogen) atoms. The molecule has 3 aromatic rings. The molecule has 2 heterocycles. The van der Waals surface area contributed by atoms with E-state index in [1.54, 1.807) is 35.6 Å². The molecule has 252 valence electrons. The Balaban J connectivity index is 1.29. The minimum Gasteiger partial charge on any atom is -0.494 e. The predicted molar refractivity (Wildman–Crippen MR) is 182 cm³/mol. The van der Waals surface area contributed by atoms with Gasteiger partial charge in [-0.25, -0.2) is 4.98 Å². The molecule has 1 aliphatic rings. The molecule has 0 saturated carbocycles. The maximum atomic E-state index is 13.9. The fourth-order valence-corrected chi connectivity index (χ4v) is 6.46. The van der Waals surface area contributed by atoms with Crippen molar-refractivity contribution in [2.45, 2.75) is 91.0 Å². The average Bonchev–Trinajstić information content (AvgIpc) is 3.66. The van der Waals surface area contributed by atoms with E-state index in [0.717, 1.165) is 40.8 Å². The smallest absolute Gasteiger partial charge is 0.246 e. The number of benzene rings is 2. The number of unbranched alkanes of at least 4 members (excludes halogenated alkanes) is 2. The van der Waals surface area contributed by atoms with E-state index in [1.165, 1.54) is 4.90 Å². The summed E-state index contributed by atoms with van der Waals surface area (Å²) in [6, 6.07) is 12.8. The Morgan fingerprint density at radius 2 is 1.77 bits per heavy atom. The van der Waals surface area contributed by atoms with E-state index >= 15 is 0 Å². The highest BCUT2D eigenvalue weighted by molar-refractivity contribution is 7.13. The van der Waals surface area contributed by atoms with Gasteiger partial charge in [0.25, 0.3) is 0 Å². The van der Waals surface area contributed by atoms with Crippen molar-refractivity contribution >= 4 is 35.3 Å². The molecule has 0 aliphatic carbocycles. The number of aldehydes is 1. The second kappa shape index (κ2) is 16.1. The standard InChI is InChI=1S/C36H46N4O6S/c1-23(26-12-14-27(15-13-26)32-24(2)37-22-47-32)38-34(44)30-19-28(42)20-40(30)35(45)33(36(3,4)5)39-31(43)9-7-6-8-18-46-29-16-10-25(21-41)11-17-29/h10-17,21-23,28,30,33,42H,6-9,18-20H2,1-5H3,(H,38,44)(H,39,43). The lowest BCUT2D eigenvalue weighted by Gasteiger charge is -2.35. The zero-order valence-corrected chi connectivity index (χ0v) is 28.6. The number of hydrogen-bond acceptors (Lipinski definition) is 8. The van der Waals surface area contributed by atoms with Crippen LogP contribution in [0.4, 0.5) is 0 Å². The molecule has 3 N–H and O–H groups in total. The SMILES string of the molecule is Cc1ncsc1-c1ccc(C(C)NC(=O)C2CC(O)CN2C(=O)C(NC(=O)CCCCCOc2ccc(C=O)cc2)C(C)(C)C)cc1. The summed E-state index contributed by atoms with van der Waals surface area (Å²) in [5, 5.41) is 16.5. The third-order valence-electron chi connectivity index (χ3n) is 8.39. The van der Waals surface area contributed by atoms with Crippen LogP contribution in [0.15, 0.2) is 54.0 Å². The minimum absolute atomic E-state index is 0.0223. The Labute approximate surface area is 280 Å². The minimum atomic E-state index is -0.867. The van der Waals surface area contributed by atoms with Crippen LogP contribution in [0.5, 0.6) is 5.75 Å². The first-order valence-electron chi connectivity index (χ1n) is 16.1. The first-order valence-corrected chi connectivity index (χ1v) is 17.0. The van der Waals surface area contributed by atoms with Crippen LogP contribution < -0.4 is 15.4 Å². The van der Waals surface area contributed by atoms with Crippen molar-refractivity contribution in [3.63, 3.8) is 0 Å². The Kier molecular flexibility index (Phi) is 12.3. The van der Waals surface area contributed by atoms with E-state index in [0.29, 0.717) is 24.3 Å². The van der Waals surface area contributed by atoms with Gasteiger partial charge in [0.2, 0.25) is 17.7 Å². The number of carbonyl (C=O) groups excluding carboxylic acids is 4. The van der Waals surface area contributed by atoms with Crippen LogP contribution in [0.3, 0.4) is 0 Å². The molecule has 0 bridgehead atoms. The number of aliphatic hydroxyl groups is 1. The lowest BCUT2D eigenvalue weighted by molar-refractivity contribution is -0.144. The summed E-state index contributed by atoms with van der Waals surface area (Å²) in [4.78, 5) is 58.0. The predicted octanol–water partition coefficient (Wildman–Crippen LogP) is 5.24. The number of β-amino-alcohol motifs (C(OH)–C–C–N with tert-alkyl or cyclic N) is 1. The van der Waals surface area contributed by atoms with Crippen molar-refractivity contribution in [3.8, 4) is 16.2 Å². The van der Waals surface area contributed by atoms with Gasteiger partial charge < -0.3 is 25.4 Å². The van der Waals surface area contributed by atoms with Crippen molar-refractivity contribution in [1.82, 2.24) is 20.5 Å². The number of thiazole rings is 1. The molecule has 4 atom stereocenters. The lowest BCUT2D eigenvalue weighted by atomic mass is 9.85. The molecular formula is C36H46N4O6S. The normalized spacial score (nSPS) is 17.5. The number of aliphatic hydroxyl groups excluding tert-OH is 1. The summed E-state index contributed by atoms with van der Waals surface area (Å²) in [7, 11) is 0. The molecule has 4 unspecified atom stereocenters. The molecule has 1 aromatic heterocycles. The van der Waals surface area contributed by atoms with E-state index in [-0.39, 0.29) is 43.1 Å². The van der Waals surface area contributed by atoms with Gasteiger partial charge in [-0.15, -0.1) is 11.3 Å². The number of aromatic nitrogens is 1. The second-order valence-corrected chi connectivity index (χ2v) is 14.1. The summed E-state index contributed by atoms with van der Waals surface area (Å²) in [5.41, 5.74) is 4.73. The van der Waals surface area contributed by atoms with Crippen LogP contribution in [0.2, 0.25) is 0 Å². The number of hydrogen-bond donors (Lipinski definition) is 3. The summed E-state index contributed by atoms with van der Waals surface area (Å²) < 4.78 is 5.70. The molecule has 11 heteroatoms. The second-order valence-electron chi connectivity index (χ2n) is 13.2. The fourth-order valence-electron chi connectivity index (χ4n) is 5.65. The largest absolute Gasteiger partial charge is 0.494 e. The van der Waals surface area contributed by atoms with Gasteiger partial charge in [0.1, 0.15) is 24.1 Å². The van der Waals surface area contributed by atoms with E-state index in [1.807, 2.05) is 64.4 Å².